The summed E-state index contributed by atoms with van der Waals surface area (Å²) in [6.07, 6.45) is 3.98. The maximum absolute atomic E-state index is 13.4. The molecule has 4 heteroatoms. The fourth-order valence-electron chi connectivity index (χ4n) is 3.74. The van der Waals surface area contributed by atoms with Gasteiger partial charge in [-0.1, -0.05) is 18.2 Å². The lowest BCUT2D eigenvalue weighted by molar-refractivity contribution is 0.628. The molecule has 25 heavy (non-hydrogen) atoms. The lowest BCUT2D eigenvalue weighted by Crippen LogP contribution is -1.94. The molecule has 0 N–H and O–H groups in total. The lowest BCUT2D eigenvalue weighted by atomic mass is 9.95. The van der Waals surface area contributed by atoms with Crippen LogP contribution in [0.25, 0.3) is 33.3 Å². The molecule has 122 valence electrons. The average molecular weight is 329 g/mol. The van der Waals surface area contributed by atoms with Gasteiger partial charge < -0.3 is 0 Å². The van der Waals surface area contributed by atoms with Crippen molar-refractivity contribution in [1.29, 1.82) is 0 Å². The Morgan fingerprint density at radius 1 is 0.960 bits per heavy atom. The van der Waals surface area contributed by atoms with E-state index < -0.39 is 0 Å². The highest BCUT2D eigenvalue weighted by Gasteiger charge is 2.24. The highest BCUT2D eigenvalue weighted by Crippen LogP contribution is 2.40. The van der Waals surface area contributed by atoms with Gasteiger partial charge in [0, 0.05) is 34.9 Å². The summed E-state index contributed by atoms with van der Waals surface area (Å²) >= 11 is 0. The van der Waals surface area contributed by atoms with E-state index in [1.165, 1.54) is 17.8 Å². The molecule has 0 amide bonds. The second kappa shape index (κ2) is 5.52. The van der Waals surface area contributed by atoms with Gasteiger partial charge in [0.05, 0.1) is 5.52 Å². The molecule has 0 fully saturated rings. The Labute approximate surface area is 144 Å². The van der Waals surface area contributed by atoms with E-state index in [2.05, 4.69) is 21.8 Å². The Morgan fingerprint density at radius 2 is 1.80 bits per heavy atom. The first-order valence-corrected chi connectivity index (χ1v) is 8.51. The third-order valence-corrected chi connectivity index (χ3v) is 4.88. The number of rotatable bonds is 2. The molecule has 2 aromatic heterocycles. The summed E-state index contributed by atoms with van der Waals surface area (Å²) in [5.74, 6) is -0.230. The van der Waals surface area contributed by atoms with Crippen LogP contribution in [0.2, 0.25) is 0 Å². The molecule has 3 heterocycles. The van der Waals surface area contributed by atoms with E-state index in [1.54, 1.807) is 12.1 Å². The van der Waals surface area contributed by atoms with Crippen molar-refractivity contribution in [2.75, 3.05) is 0 Å². The molecule has 0 unspecified atom stereocenters. The predicted octanol–water partition coefficient (Wildman–Crippen LogP) is 4.85. The number of hydrogen-bond acceptors (Lipinski definition) is 2. The van der Waals surface area contributed by atoms with Crippen molar-refractivity contribution >= 4 is 10.9 Å². The Balaban J connectivity index is 1.82. The maximum atomic E-state index is 13.4. The van der Waals surface area contributed by atoms with Crippen molar-refractivity contribution in [2.24, 2.45) is 0 Å². The zero-order valence-corrected chi connectivity index (χ0v) is 13.6. The molecule has 3 nitrogen and oxygen atoms in total. The summed E-state index contributed by atoms with van der Waals surface area (Å²) in [5.41, 5.74) is 6.40. The Hall–Kier alpha value is -3.01. The zero-order chi connectivity index (χ0) is 16.8. The summed E-state index contributed by atoms with van der Waals surface area (Å²) in [7, 11) is 0. The summed E-state index contributed by atoms with van der Waals surface area (Å²) in [6.45, 7) is 0.937. The minimum atomic E-state index is -0.230. The van der Waals surface area contributed by atoms with Gasteiger partial charge in [0.2, 0.25) is 0 Å². The number of hydrogen-bond donors (Lipinski definition) is 0. The van der Waals surface area contributed by atoms with Crippen molar-refractivity contribution < 1.29 is 4.39 Å². The monoisotopic (exact) mass is 329 g/mol. The van der Waals surface area contributed by atoms with Gasteiger partial charge >= 0.3 is 0 Å². The smallest absolute Gasteiger partial charge is 0.123 e. The van der Waals surface area contributed by atoms with E-state index in [9.17, 15) is 4.39 Å². The van der Waals surface area contributed by atoms with Crippen LogP contribution in [-0.2, 0) is 13.0 Å². The third kappa shape index (κ3) is 2.25. The zero-order valence-electron chi connectivity index (χ0n) is 13.6. The van der Waals surface area contributed by atoms with Gasteiger partial charge in [-0.05, 0) is 54.8 Å². The minimum Gasteiger partial charge on any atom is -0.268 e. The van der Waals surface area contributed by atoms with E-state index >= 15 is 0 Å². The fraction of sp³-hybridized carbons (Fsp3) is 0.143. The maximum Gasteiger partial charge on any atom is 0.123 e. The number of para-hydroxylation sites is 1. The van der Waals surface area contributed by atoms with Gasteiger partial charge in [-0.2, -0.15) is 5.10 Å². The van der Waals surface area contributed by atoms with Crippen LogP contribution in [0.3, 0.4) is 0 Å². The summed E-state index contributed by atoms with van der Waals surface area (Å²) in [6, 6.07) is 16.8. The second-order valence-corrected chi connectivity index (χ2v) is 6.38. The number of halogens is 1. The van der Waals surface area contributed by atoms with Gasteiger partial charge in [-0.15, -0.1) is 0 Å². The molecule has 0 atom stereocenters. The van der Waals surface area contributed by atoms with Crippen molar-refractivity contribution in [3.05, 3.63) is 72.3 Å². The fourth-order valence-corrected chi connectivity index (χ4v) is 3.74. The molecule has 0 spiro atoms. The van der Waals surface area contributed by atoms with E-state index in [4.69, 9.17) is 5.10 Å². The van der Waals surface area contributed by atoms with Crippen LogP contribution < -0.4 is 0 Å². The summed E-state index contributed by atoms with van der Waals surface area (Å²) < 4.78 is 15.5. The second-order valence-electron chi connectivity index (χ2n) is 6.38. The van der Waals surface area contributed by atoms with E-state index in [1.807, 2.05) is 24.4 Å². The minimum absolute atomic E-state index is 0.230. The molecule has 0 radical (unpaired) electrons. The molecular weight excluding hydrogens is 313 g/mol. The molecule has 2 aromatic carbocycles. The quantitative estimate of drug-likeness (QED) is 0.526. The van der Waals surface area contributed by atoms with Crippen LogP contribution in [0, 0.1) is 5.82 Å². The Morgan fingerprint density at radius 3 is 2.68 bits per heavy atom. The first-order chi connectivity index (χ1) is 12.3. The number of fused-ring (bicyclic) bond motifs is 2. The van der Waals surface area contributed by atoms with Gasteiger partial charge in [-0.25, -0.2) is 4.39 Å². The molecule has 0 bridgehead atoms. The Bertz CT molecular complexity index is 1070. The standard InChI is InChI=1S/C21H16FN3/c22-15-9-7-14(8-10-15)21-20(19-6-3-13-25(19)24-21)17-11-12-23-18-5-2-1-4-16(17)18/h1-2,4-5,7-12H,3,6,13H2. The van der Waals surface area contributed by atoms with Gasteiger partial charge in [-0.3, -0.25) is 9.67 Å². The normalized spacial score (nSPS) is 13.3. The van der Waals surface area contributed by atoms with Crippen LogP contribution in [0.4, 0.5) is 4.39 Å². The number of benzene rings is 2. The molecule has 5 rings (SSSR count). The molecular formula is C21H16FN3. The SMILES string of the molecule is Fc1ccc(-c2nn3c(c2-c2ccnc4ccccc24)CCC3)cc1. The molecule has 0 saturated heterocycles. The molecule has 0 aliphatic carbocycles. The number of nitrogens with zero attached hydrogens (tertiary/aromatic N) is 3. The van der Waals surface area contributed by atoms with Crippen molar-refractivity contribution in [2.45, 2.75) is 19.4 Å². The van der Waals surface area contributed by atoms with Crippen molar-refractivity contribution in [1.82, 2.24) is 14.8 Å². The number of aryl methyl sites for hydroxylation is 1. The predicted molar refractivity (Wildman–Crippen MR) is 96.7 cm³/mol. The first kappa shape index (κ1) is 14.3. The third-order valence-electron chi connectivity index (χ3n) is 4.88. The topological polar surface area (TPSA) is 30.7 Å². The van der Waals surface area contributed by atoms with Gasteiger partial charge in [0.1, 0.15) is 11.5 Å². The van der Waals surface area contributed by atoms with Crippen LogP contribution in [-0.4, -0.2) is 14.8 Å². The van der Waals surface area contributed by atoms with Gasteiger partial charge in [0.15, 0.2) is 0 Å². The highest BCUT2D eigenvalue weighted by atomic mass is 19.1. The highest BCUT2D eigenvalue weighted by molar-refractivity contribution is 5.98. The largest absolute Gasteiger partial charge is 0.268 e. The van der Waals surface area contributed by atoms with Crippen LogP contribution in [0.5, 0.6) is 0 Å². The van der Waals surface area contributed by atoms with Crippen molar-refractivity contribution in [3.8, 4) is 22.4 Å². The van der Waals surface area contributed by atoms with Crippen molar-refractivity contribution in [3.63, 3.8) is 0 Å². The molecule has 0 saturated carbocycles. The number of aromatic nitrogens is 3. The first-order valence-electron chi connectivity index (χ1n) is 8.51. The lowest BCUT2D eigenvalue weighted by Gasteiger charge is -2.09. The Kier molecular flexibility index (Phi) is 3.17. The molecule has 4 aromatic rings. The summed E-state index contributed by atoms with van der Waals surface area (Å²) in [4.78, 5) is 4.48. The summed E-state index contributed by atoms with van der Waals surface area (Å²) in [5, 5.41) is 5.97. The van der Waals surface area contributed by atoms with E-state index in [-0.39, 0.29) is 5.82 Å². The van der Waals surface area contributed by atoms with Crippen LogP contribution in [0.15, 0.2) is 60.8 Å². The molecule has 1 aliphatic rings. The number of pyridine rings is 1. The van der Waals surface area contributed by atoms with Gasteiger partial charge in [0.25, 0.3) is 0 Å². The average Bonchev–Trinajstić information content (AvgIpc) is 3.23. The van der Waals surface area contributed by atoms with E-state index in [0.29, 0.717) is 0 Å². The molecule has 1 aliphatic heterocycles. The van der Waals surface area contributed by atoms with Crippen LogP contribution >= 0.6 is 0 Å². The van der Waals surface area contributed by atoms with Crippen LogP contribution in [0.1, 0.15) is 12.1 Å². The van der Waals surface area contributed by atoms with E-state index in [0.717, 1.165) is 52.7 Å².